The van der Waals surface area contributed by atoms with Gasteiger partial charge in [-0.3, -0.25) is 4.79 Å². The lowest BCUT2D eigenvalue weighted by atomic mass is 10.1. The van der Waals surface area contributed by atoms with Gasteiger partial charge < -0.3 is 9.64 Å². The summed E-state index contributed by atoms with van der Waals surface area (Å²) in [6, 6.07) is 9.94. The normalized spacial score (nSPS) is 12.5. The van der Waals surface area contributed by atoms with Gasteiger partial charge in [-0.1, -0.05) is 23.7 Å². The zero-order valence-electron chi connectivity index (χ0n) is 14.6. The lowest BCUT2D eigenvalue weighted by molar-refractivity contribution is -0.134. The molecule has 0 aromatic heterocycles. The van der Waals surface area contributed by atoms with Gasteiger partial charge in [0.05, 0.1) is 16.0 Å². The number of amides is 1. The molecule has 2 aromatic carbocycles. The number of halogens is 2. The van der Waals surface area contributed by atoms with Crippen molar-refractivity contribution in [2.24, 2.45) is 0 Å². The molecule has 0 N–H and O–H groups in total. The smallest absolute Gasteiger partial charge is 0.260 e. The molecule has 0 saturated carbocycles. The number of rotatable bonds is 6. The van der Waals surface area contributed by atoms with Crippen molar-refractivity contribution in [2.45, 2.75) is 17.9 Å². The van der Waals surface area contributed by atoms with E-state index < -0.39 is 15.7 Å². The summed E-state index contributed by atoms with van der Waals surface area (Å²) < 4.78 is 41.5. The predicted molar refractivity (Wildman–Crippen MR) is 97.6 cm³/mol. The topological polar surface area (TPSA) is 63.7 Å². The molecule has 0 bridgehead atoms. The highest BCUT2D eigenvalue weighted by Gasteiger charge is 2.19. The molecule has 1 amide bonds. The van der Waals surface area contributed by atoms with Crippen LogP contribution in [0.1, 0.15) is 18.5 Å². The Hall–Kier alpha value is -2.12. The quantitative estimate of drug-likeness (QED) is 0.746. The Morgan fingerprint density at radius 3 is 2.38 bits per heavy atom. The lowest BCUT2D eigenvalue weighted by Gasteiger charge is -2.25. The molecule has 140 valence electrons. The number of likely N-dealkylation sites (N-methyl/N-ethyl adjacent to an activating group) is 1. The van der Waals surface area contributed by atoms with Crippen LogP contribution < -0.4 is 4.74 Å². The predicted octanol–water partition coefficient (Wildman–Crippen LogP) is 3.48. The summed E-state index contributed by atoms with van der Waals surface area (Å²) in [5.74, 6) is -0.554. The van der Waals surface area contributed by atoms with Crippen molar-refractivity contribution in [2.75, 3.05) is 19.9 Å². The van der Waals surface area contributed by atoms with Crippen LogP contribution in [-0.4, -0.2) is 39.1 Å². The number of sulfone groups is 1. The third-order valence-corrected chi connectivity index (χ3v) is 5.44. The average Bonchev–Trinajstić information content (AvgIpc) is 2.60. The maximum Gasteiger partial charge on any atom is 0.260 e. The molecule has 26 heavy (non-hydrogen) atoms. The highest BCUT2D eigenvalue weighted by molar-refractivity contribution is 7.90. The van der Waals surface area contributed by atoms with E-state index in [9.17, 15) is 17.6 Å². The number of carbonyl (C=O) groups is 1. The summed E-state index contributed by atoms with van der Waals surface area (Å²) in [6.07, 6.45) is 1.14. The molecule has 1 unspecified atom stereocenters. The Labute approximate surface area is 157 Å². The van der Waals surface area contributed by atoms with Crippen LogP contribution in [0.5, 0.6) is 5.75 Å². The van der Waals surface area contributed by atoms with Gasteiger partial charge in [0.25, 0.3) is 5.91 Å². The van der Waals surface area contributed by atoms with Crippen molar-refractivity contribution < 1.29 is 22.3 Å². The van der Waals surface area contributed by atoms with E-state index in [1.54, 1.807) is 19.2 Å². The fourth-order valence-electron chi connectivity index (χ4n) is 2.25. The van der Waals surface area contributed by atoms with E-state index >= 15 is 0 Å². The van der Waals surface area contributed by atoms with Gasteiger partial charge in [-0.15, -0.1) is 0 Å². The summed E-state index contributed by atoms with van der Waals surface area (Å²) in [6.45, 7) is 1.59. The van der Waals surface area contributed by atoms with Crippen LogP contribution in [0.15, 0.2) is 47.4 Å². The number of hydrogen-bond acceptors (Lipinski definition) is 4. The largest absolute Gasteiger partial charge is 0.484 e. The first kappa shape index (κ1) is 20.2. The van der Waals surface area contributed by atoms with Gasteiger partial charge in [-0.2, -0.15) is 0 Å². The van der Waals surface area contributed by atoms with E-state index in [4.69, 9.17) is 16.3 Å². The maximum absolute atomic E-state index is 13.1. The molecule has 5 nitrogen and oxygen atoms in total. The van der Waals surface area contributed by atoms with Gasteiger partial charge in [0.15, 0.2) is 16.4 Å². The van der Waals surface area contributed by atoms with E-state index in [1.807, 2.05) is 6.92 Å². The van der Waals surface area contributed by atoms with E-state index in [2.05, 4.69) is 0 Å². The molecule has 1 atom stereocenters. The minimum absolute atomic E-state index is 0.0809. The van der Waals surface area contributed by atoms with Gasteiger partial charge in [0, 0.05) is 19.4 Å². The van der Waals surface area contributed by atoms with Crippen LogP contribution in [0.3, 0.4) is 0 Å². The third kappa shape index (κ3) is 4.95. The second-order valence-corrected chi connectivity index (χ2v) is 8.31. The number of benzene rings is 2. The molecule has 0 saturated heterocycles. The summed E-state index contributed by atoms with van der Waals surface area (Å²) in [4.78, 5) is 14.0. The molecule has 0 fully saturated rings. The first-order valence-electron chi connectivity index (χ1n) is 7.73. The van der Waals surface area contributed by atoms with Crippen LogP contribution >= 0.6 is 11.6 Å². The van der Waals surface area contributed by atoms with Crippen LogP contribution in [0.2, 0.25) is 5.02 Å². The van der Waals surface area contributed by atoms with Crippen molar-refractivity contribution >= 4 is 27.3 Å². The Kier molecular flexibility index (Phi) is 6.26. The summed E-state index contributed by atoms with van der Waals surface area (Å²) in [5.41, 5.74) is 0.790. The second kappa shape index (κ2) is 8.05. The van der Waals surface area contributed by atoms with Crippen LogP contribution in [0.4, 0.5) is 4.39 Å². The average molecular weight is 400 g/mol. The first-order valence-corrected chi connectivity index (χ1v) is 10.00. The van der Waals surface area contributed by atoms with Gasteiger partial charge in [0.2, 0.25) is 0 Å². The van der Waals surface area contributed by atoms with Crippen LogP contribution in [0, 0.1) is 5.82 Å². The lowest BCUT2D eigenvalue weighted by Crippen LogP contribution is -2.33. The van der Waals surface area contributed by atoms with Gasteiger partial charge in [0.1, 0.15) is 11.6 Å². The zero-order chi connectivity index (χ0) is 19.5. The van der Waals surface area contributed by atoms with Crippen molar-refractivity contribution in [1.29, 1.82) is 0 Å². The molecule has 0 radical (unpaired) electrons. The molecular weight excluding hydrogens is 381 g/mol. The minimum atomic E-state index is -3.27. The summed E-state index contributed by atoms with van der Waals surface area (Å²) in [5, 5.41) is -0.0809. The standard InChI is InChI=1S/C18H19ClFNO4S/c1-12(13-4-7-15(8-5-13)26(3,23)24)21(2)18(22)11-25-14-6-9-17(20)16(19)10-14/h4-10,12H,11H2,1-3H3. The Bertz CT molecular complexity index is 900. The molecule has 8 heteroatoms. The SMILES string of the molecule is CC(c1ccc(S(C)(=O)=O)cc1)N(C)C(=O)COc1ccc(F)c(Cl)c1. The fraction of sp³-hybridized carbons (Fsp3) is 0.278. The second-order valence-electron chi connectivity index (χ2n) is 5.89. The third-order valence-electron chi connectivity index (χ3n) is 4.02. The van der Waals surface area contributed by atoms with Crippen molar-refractivity contribution in [3.8, 4) is 5.75 Å². The van der Waals surface area contributed by atoms with E-state index in [-0.39, 0.29) is 28.5 Å². The highest BCUT2D eigenvalue weighted by Crippen LogP contribution is 2.23. The van der Waals surface area contributed by atoms with E-state index in [0.29, 0.717) is 5.75 Å². The molecule has 0 spiro atoms. The summed E-state index contributed by atoms with van der Waals surface area (Å²) >= 11 is 5.67. The minimum Gasteiger partial charge on any atom is -0.484 e. The molecule has 2 aromatic rings. The fourth-order valence-corrected chi connectivity index (χ4v) is 3.05. The van der Waals surface area contributed by atoms with Gasteiger partial charge >= 0.3 is 0 Å². The van der Waals surface area contributed by atoms with Gasteiger partial charge in [-0.25, -0.2) is 12.8 Å². The van der Waals surface area contributed by atoms with Crippen molar-refractivity contribution in [1.82, 2.24) is 4.90 Å². The molecule has 0 aliphatic rings. The molecule has 0 aliphatic heterocycles. The van der Waals surface area contributed by atoms with Crippen LogP contribution in [0.25, 0.3) is 0 Å². The Balaban J connectivity index is 2.01. The Morgan fingerprint density at radius 2 is 1.85 bits per heavy atom. The van der Waals surface area contributed by atoms with E-state index in [0.717, 1.165) is 17.9 Å². The number of ether oxygens (including phenoxy) is 1. The van der Waals surface area contributed by atoms with Crippen molar-refractivity contribution in [3.05, 3.63) is 58.9 Å². The van der Waals surface area contributed by atoms with Crippen molar-refractivity contribution in [3.63, 3.8) is 0 Å². The zero-order valence-corrected chi connectivity index (χ0v) is 16.1. The molecule has 0 heterocycles. The summed E-state index contributed by atoms with van der Waals surface area (Å²) in [7, 11) is -1.64. The molecule has 2 rings (SSSR count). The molecule has 0 aliphatic carbocycles. The number of nitrogens with zero attached hydrogens (tertiary/aromatic N) is 1. The highest BCUT2D eigenvalue weighted by atomic mass is 35.5. The maximum atomic E-state index is 13.1. The Morgan fingerprint density at radius 1 is 1.23 bits per heavy atom. The molecular formula is C18H19ClFNO4S. The number of hydrogen-bond donors (Lipinski definition) is 0. The number of carbonyl (C=O) groups excluding carboxylic acids is 1. The first-order chi connectivity index (χ1) is 12.1. The van der Waals surface area contributed by atoms with E-state index in [1.165, 1.54) is 29.2 Å². The van der Waals surface area contributed by atoms with Crippen LogP contribution in [-0.2, 0) is 14.6 Å². The van der Waals surface area contributed by atoms with Gasteiger partial charge in [-0.05, 0) is 36.8 Å². The monoisotopic (exact) mass is 399 g/mol.